The van der Waals surface area contributed by atoms with Gasteiger partial charge >= 0.3 is 11.9 Å². The van der Waals surface area contributed by atoms with Gasteiger partial charge in [-0.05, 0) is 31.5 Å². The fourth-order valence-electron chi connectivity index (χ4n) is 2.64. The van der Waals surface area contributed by atoms with Crippen molar-refractivity contribution >= 4 is 11.9 Å². The number of fused-ring (bicyclic) bond motifs is 1. The maximum Gasteiger partial charge on any atom is 0.350 e. The highest BCUT2D eigenvalue weighted by Crippen LogP contribution is 2.37. The predicted molar refractivity (Wildman–Crippen MR) is 93.3 cm³/mol. The second kappa shape index (κ2) is 7.91. The Labute approximate surface area is 151 Å². The summed E-state index contributed by atoms with van der Waals surface area (Å²) >= 11 is 0. The number of hydrogen-bond acceptors (Lipinski definition) is 6. The Morgan fingerprint density at radius 1 is 1.12 bits per heavy atom. The Morgan fingerprint density at radius 2 is 1.88 bits per heavy atom. The molecule has 1 atom stereocenters. The van der Waals surface area contributed by atoms with Crippen LogP contribution in [-0.4, -0.2) is 31.3 Å². The van der Waals surface area contributed by atoms with Gasteiger partial charge in [0, 0.05) is 5.56 Å². The summed E-state index contributed by atoms with van der Waals surface area (Å²) in [4.78, 5) is 24.3. The zero-order valence-corrected chi connectivity index (χ0v) is 14.7. The highest BCUT2D eigenvalue weighted by Gasteiger charge is 2.31. The van der Waals surface area contributed by atoms with Gasteiger partial charge in [0.05, 0.1) is 12.2 Å². The first kappa shape index (κ1) is 17.8. The molecule has 0 N–H and O–H groups in total. The third-order valence-corrected chi connectivity index (χ3v) is 4.00. The first-order chi connectivity index (χ1) is 12.6. The largest absolute Gasteiger partial charge is 0.485 e. The number of benzene rings is 2. The van der Waals surface area contributed by atoms with Crippen molar-refractivity contribution in [2.45, 2.75) is 26.6 Å². The van der Waals surface area contributed by atoms with E-state index in [2.05, 4.69) is 0 Å². The van der Waals surface area contributed by atoms with Crippen molar-refractivity contribution in [3.8, 4) is 11.5 Å². The Balaban J connectivity index is 1.75. The van der Waals surface area contributed by atoms with Gasteiger partial charge < -0.3 is 18.9 Å². The van der Waals surface area contributed by atoms with Crippen molar-refractivity contribution in [1.82, 2.24) is 0 Å². The van der Waals surface area contributed by atoms with Gasteiger partial charge in [0.15, 0.2) is 11.5 Å². The van der Waals surface area contributed by atoms with E-state index in [1.54, 1.807) is 26.0 Å². The van der Waals surface area contributed by atoms with Crippen LogP contribution in [0.15, 0.2) is 42.5 Å². The molecule has 0 aromatic heterocycles. The number of hydrogen-bond donors (Lipinski definition) is 0. The minimum absolute atomic E-state index is 0.0725. The third-order valence-electron chi connectivity index (χ3n) is 4.00. The van der Waals surface area contributed by atoms with Gasteiger partial charge in [-0.1, -0.05) is 30.3 Å². The SMILES string of the molecule is CCOC(=O)C1COc2ccc(C(=O)OCc3ccccc3)c(C)c2O1. The zero-order valence-electron chi connectivity index (χ0n) is 14.7. The summed E-state index contributed by atoms with van der Waals surface area (Å²) in [7, 11) is 0. The molecule has 0 amide bonds. The lowest BCUT2D eigenvalue weighted by Crippen LogP contribution is -2.38. The number of carbonyl (C=O) groups is 2. The van der Waals surface area contributed by atoms with Crippen molar-refractivity contribution in [2.75, 3.05) is 13.2 Å². The van der Waals surface area contributed by atoms with Crippen LogP contribution in [0.3, 0.4) is 0 Å². The lowest BCUT2D eigenvalue weighted by Gasteiger charge is -2.27. The molecule has 0 fully saturated rings. The van der Waals surface area contributed by atoms with Gasteiger partial charge in [0.1, 0.15) is 13.2 Å². The molecule has 6 nitrogen and oxygen atoms in total. The quantitative estimate of drug-likeness (QED) is 0.767. The number of ether oxygens (including phenoxy) is 4. The van der Waals surface area contributed by atoms with Crippen molar-refractivity contribution in [3.63, 3.8) is 0 Å². The summed E-state index contributed by atoms with van der Waals surface area (Å²) in [5.74, 6) is -0.100. The van der Waals surface area contributed by atoms with Crippen LogP contribution >= 0.6 is 0 Å². The molecule has 0 saturated carbocycles. The average molecular weight is 356 g/mol. The molecule has 6 heteroatoms. The van der Waals surface area contributed by atoms with E-state index in [4.69, 9.17) is 18.9 Å². The summed E-state index contributed by atoms with van der Waals surface area (Å²) in [6.45, 7) is 3.97. The minimum Gasteiger partial charge on any atom is -0.485 e. The third kappa shape index (κ3) is 3.79. The molecule has 2 aromatic carbocycles. The van der Waals surface area contributed by atoms with Gasteiger partial charge in [-0.15, -0.1) is 0 Å². The Hall–Kier alpha value is -3.02. The van der Waals surface area contributed by atoms with Gasteiger partial charge in [0.25, 0.3) is 0 Å². The van der Waals surface area contributed by atoms with Gasteiger partial charge in [0.2, 0.25) is 6.10 Å². The molecule has 136 valence electrons. The summed E-state index contributed by atoms with van der Waals surface area (Å²) in [6, 6.07) is 12.7. The fourth-order valence-corrected chi connectivity index (χ4v) is 2.64. The lowest BCUT2D eigenvalue weighted by atomic mass is 10.1. The molecule has 1 unspecified atom stereocenters. The fraction of sp³-hybridized carbons (Fsp3) is 0.300. The van der Waals surface area contributed by atoms with Crippen LogP contribution in [0.5, 0.6) is 11.5 Å². The van der Waals surface area contributed by atoms with E-state index >= 15 is 0 Å². The monoisotopic (exact) mass is 356 g/mol. The molecule has 1 heterocycles. The van der Waals surface area contributed by atoms with Crippen LogP contribution < -0.4 is 9.47 Å². The van der Waals surface area contributed by atoms with E-state index < -0.39 is 18.0 Å². The standard InChI is InChI=1S/C20H20O6/c1-3-23-20(22)17-12-24-16-10-9-15(13(2)18(16)26-17)19(21)25-11-14-7-5-4-6-8-14/h4-10,17H,3,11-12H2,1-2H3. The molecule has 26 heavy (non-hydrogen) atoms. The van der Waals surface area contributed by atoms with Crippen LogP contribution in [-0.2, 0) is 20.9 Å². The van der Waals surface area contributed by atoms with Crippen LogP contribution in [0.4, 0.5) is 0 Å². The van der Waals surface area contributed by atoms with E-state index in [-0.39, 0.29) is 19.8 Å². The highest BCUT2D eigenvalue weighted by atomic mass is 16.6. The predicted octanol–water partition coefficient (Wildman–Crippen LogP) is 3.05. The van der Waals surface area contributed by atoms with Crippen molar-refractivity contribution < 1.29 is 28.5 Å². The summed E-state index contributed by atoms with van der Waals surface area (Å²) in [6.07, 6.45) is -0.850. The topological polar surface area (TPSA) is 71.1 Å². The lowest BCUT2D eigenvalue weighted by molar-refractivity contribution is -0.153. The normalized spacial score (nSPS) is 15.2. The number of rotatable bonds is 5. The van der Waals surface area contributed by atoms with E-state index in [1.165, 1.54) is 0 Å². The van der Waals surface area contributed by atoms with Crippen LogP contribution in [0, 0.1) is 6.92 Å². The van der Waals surface area contributed by atoms with Crippen LogP contribution in [0.25, 0.3) is 0 Å². The van der Waals surface area contributed by atoms with E-state index in [9.17, 15) is 9.59 Å². The first-order valence-corrected chi connectivity index (χ1v) is 8.41. The van der Waals surface area contributed by atoms with Crippen molar-refractivity contribution in [3.05, 3.63) is 59.2 Å². The molecule has 0 spiro atoms. The second-order valence-electron chi connectivity index (χ2n) is 5.80. The molecule has 1 aliphatic heterocycles. The van der Waals surface area contributed by atoms with E-state index in [0.29, 0.717) is 22.6 Å². The molecular formula is C20H20O6. The number of carbonyl (C=O) groups excluding carboxylic acids is 2. The molecule has 2 aromatic rings. The van der Waals surface area contributed by atoms with Crippen molar-refractivity contribution in [2.24, 2.45) is 0 Å². The zero-order chi connectivity index (χ0) is 18.5. The Bertz CT molecular complexity index is 799. The summed E-state index contributed by atoms with van der Waals surface area (Å²) < 4.78 is 21.6. The molecule has 0 aliphatic carbocycles. The van der Waals surface area contributed by atoms with Crippen molar-refractivity contribution in [1.29, 1.82) is 0 Å². The maximum atomic E-state index is 12.4. The number of esters is 2. The smallest absolute Gasteiger partial charge is 0.350 e. The summed E-state index contributed by atoms with van der Waals surface area (Å²) in [5, 5.41) is 0. The minimum atomic E-state index is -0.850. The van der Waals surface area contributed by atoms with Gasteiger partial charge in [-0.2, -0.15) is 0 Å². The molecule has 0 saturated heterocycles. The van der Waals surface area contributed by atoms with Gasteiger partial charge in [-0.25, -0.2) is 9.59 Å². The molecular weight excluding hydrogens is 336 g/mol. The van der Waals surface area contributed by atoms with Crippen LogP contribution in [0.1, 0.15) is 28.4 Å². The molecule has 3 rings (SSSR count). The average Bonchev–Trinajstić information content (AvgIpc) is 2.67. The Morgan fingerprint density at radius 3 is 2.62 bits per heavy atom. The molecule has 0 radical (unpaired) electrons. The van der Waals surface area contributed by atoms with E-state index in [0.717, 1.165) is 5.56 Å². The maximum absolute atomic E-state index is 12.4. The highest BCUT2D eigenvalue weighted by molar-refractivity contribution is 5.92. The van der Waals surface area contributed by atoms with E-state index in [1.807, 2.05) is 30.3 Å². The van der Waals surface area contributed by atoms with Crippen LogP contribution in [0.2, 0.25) is 0 Å². The first-order valence-electron chi connectivity index (χ1n) is 8.41. The summed E-state index contributed by atoms with van der Waals surface area (Å²) in [5.41, 5.74) is 1.83. The van der Waals surface area contributed by atoms with Gasteiger partial charge in [-0.3, -0.25) is 0 Å². The second-order valence-corrected chi connectivity index (χ2v) is 5.80. The Kier molecular flexibility index (Phi) is 5.41. The molecule has 0 bridgehead atoms. The molecule has 1 aliphatic rings.